The monoisotopic (exact) mass is 285 g/mol. The number of aliphatic carboxylic acids is 1. The molecule has 0 unspecified atom stereocenters. The van der Waals surface area contributed by atoms with Gasteiger partial charge in [0.15, 0.2) is 0 Å². The minimum Gasteiger partial charge on any atom is -0.481 e. The molecule has 1 saturated heterocycles. The first kappa shape index (κ1) is 17.0. The Morgan fingerprint density at radius 2 is 2.10 bits per heavy atom. The van der Waals surface area contributed by atoms with E-state index in [0.717, 1.165) is 19.4 Å². The number of rotatable bonds is 8. The van der Waals surface area contributed by atoms with E-state index in [1.807, 2.05) is 4.90 Å². The van der Waals surface area contributed by atoms with E-state index in [9.17, 15) is 9.59 Å². The van der Waals surface area contributed by atoms with Gasteiger partial charge >= 0.3 is 5.97 Å². The van der Waals surface area contributed by atoms with E-state index in [-0.39, 0.29) is 12.3 Å². The SMILES string of the molecule is CC(C)COCCC(=O)N1CCC[C@H](CCC(=O)O)C1. The number of hydrogen-bond donors (Lipinski definition) is 1. The predicted octanol–water partition coefficient (Wildman–Crippen LogP) is 2.15. The molecule has 1 heterocycles. The number of carboxylic acid groups (broad SMARTS) is 1. The summed E-state index contributed by atoms with van der Waals surface area (Å²) in [6.07, 6.45) is 3.30. The third kappa shape index (κ3) is 6.89. The fraction of sp³-hybridized carbons (Fsp3) is 0.867. The largest absolute Gasteiger partial charge is 0.481 e. The van der Waals surface area contributed by atoms with E-state index in [1.54, 1.807) is 0 Å². The van der Waals surface area contributed by atoms with Crippen molar-refractivity contribution in [2.75, 3.05) is 26.3 Å². The normalized spacial score (nSPS) is 19.4. The summed E-state index contributed by atoms with van der Waals surface area (Å²) in [6.45, 7) is 6.84. The van der Waals surface area contributed by atoms with Gasteiger partial charge in [0.05, 0.1) is 13.0 Å². The molecule has 5 nitrogen and oxygen atoms in total. The first-order valence-corrected chi connectivity index (χ1v) is 7.56. The number of carbonyl (C=O) groups is 2. The molecule has 0 aliphatic carbocycles. The van der Waals surface area contributed by atoms with Gasteiger partial charge in [0, 0.05) is 26.1 Å². The van der Waals surface area contributed by atoms with E-state index in [4.69, 9.17) is 9.84 Å². The second-order valence-electron chi connectivity index (χ2n) is 6.00. The van der Waals surface area contributed by atoms with Crippen LogP contribution in [0.1, 0.15) is 46.0 Å². The maximum Gasteiger partial charge on any atom is 0.303 e. The number of carboxylic acids is 1. The maximum absolute atomic E-state index is 12.1. The summed E-state index contributed by atoms with van der Waals surface area (Å²) in [5.41, 5.74) is 0. The van der Waals surface area contributed by atoms with Gasteiger partial charge in [-0.25, -0.2) is 0 Å². The average Bonchev–Trinajstić information content (AvgIpc) is 2.41. The Balaban J connectivity index is 2.23. The molecule has 0 saturated carbocycles. The topological polar surface area (TPSA) is 66.8 Å². The van der Waals surface area contributed by atoms with Crippen LogP contribution in [0.3, 0.4) is 0 Å². The molecule has 0 spiro atoms. The molecular formula is C15H27NO4. The first-order valence-electron chi connectivity index (χ1n) is 7.56. The lowest BCUT2D eigenvalue weighted by Gasteiger charge is -2.32. The van der Waals surface area contributed by atoms with Crippen molar-refractivity contribution < 1.29 is 19.4 Å². The van der Waals surface area contributed by atoms with Gasteiger partial charge in [-0.15, -0.1) is 0 Å². The minimum atomic E-state index is -0.754. The zero-order valence-corrected chi connectivity index (χ0v) is 12.6. The fourth-order valence-corrected chi connectivity index (χ4v) is 2.49. The van der Waals surface area contributed by atoms with Crippen molar-refractivity contribution in [1.29, 1.82) is 0 Å². The number of hydrogen-bond acceptors (Lipinski definition) is 3. The molecule has 1 aliphatic heterocycles. The summed E-state index contributed by atoms with van der Waals surface area (Å²) in [4.78, 5) is 24.5. The molecule has 1 aliphatic rings. The molecule has 0 aromatic carbocycles. The summed E-state index contributed by atoms with van der Waals surface area (Å²) in [7, 11) is 0. The van der Waals surface area contributed by atoms with Crippen molar-refractivity contribution in [1.82, 2.24) is 4.90 Å². The van der Waals surface area contributed by atoms with Crippen LogP contribution in [-0.4, -0.2) is 48.2 Å². The van der Waals surface area contributed by atoms with Gasteiger partial charge in [0.1, 0.15) is 0 Å². The Morgan fingerprint density at radius 1 is 1.35 bits per heavy atom. The quantitative estimate of drug-likeness (QED) is 0.694. The minimum absolute atomic E-state index is 0.133. The third-order valence-corrected chi connectivity index (χ3v) is 3.55. The van der Waals surface area contributed by atoms with Crippen LogP contribution in [0.4, 0.5) is 0 Å². The zero-order valence-electron chi connectivity index (χ0n) is 12.6. The molecule has 0 aromatic rings. The fourth-order valence-electron chi connectivity index (χ4n) is 2.49. The summed E-state index contributed by atoms with van der Waals surface area (Å²) in [5, 5.41) is 8.71. The lowest BCUT2D eigenvalue weighted by atomic mass is 9.93. The third-order valence-electron chi connectivity index (χ3n) is 3.55. The Morgan fingerprint density at radius 3 is 2.75 bits per heavy atom. The van der Waals surface area contributed by atoms with Crippen molar-refractivity contribution in [3.05, 3.63) is 0 Å². The summed E-state index contributed by atoms with van der Waals surface area (Å²) in [5.74, 6) is 0.199. The van der Waals surface area contributed by atoms with Crippen LogP contribution in [0.2, 0.25) is 0 Å². The first-order chi connectivity index (χ1) is 9.49. The van der Waals surface area contributed by atoms with Crippen LogP contribution >= 0.6 is 0 Å². The molecule has 5 heteroatoms. The average molecular weight is 285 g/mol. The Hall–Kier alpha value is -1.10. The Labute approximate surface area is 121 Å². The predicted molar refractivity (Wildman–Crippen MR) is 76.4 cm³/mol. The van der Waals surface area contributed by atoms with Crippen LogP contribution < -0.4 is 0 Å². The molecule has 116 valence electrons. The smallest absolute Gasteiger partial charge is 0.303 e. The van der Waals surface area contributed by atoms with E-state index in [1.165, 1.54) is 0 Å². The van der Waals surface area contributed by atoms with E-state index < -0.39 is 5.97 Å². The zero-order chi connectivity index (χ0) is 15.0. The number of likely N-dealkylation sites (tertiary alicyclic amines) is 1. The summed E-state index contributed by atoms with van der Waals surface area (Å²) in [6, 6.07) is 0. The molecular weight excluding hydrogens is 258 g/mol. The van der Waals surface area contributed by atoms with Gasteiger partial charge in [-0.05, 0) is 31.1 Å². The molecule has 1 atom stereocenters. The second kappa shape index (κ2) is 8.95. The summed E-state index contributed by atoms with van der Waals surface area (Å²) < 4.78 is 5.44. The maximum atomic E-state index is 12.1. The molecule has 0 bridgehead atoms. The molecule has 0 radical (unpaired) electrons. The lowest BCUT2D eigenvalue weighted by Crippen LogP contribution is -2.40. The van der Waals surface area contributed by atoms with Crippen LogP contribution in [0.25, 0.3) is 0 Å². The number of amides is 1. The van der Waals surface area contributed by atoms with E-state index in [0.29, 0.717) is 44.4 Å². The molecule has 0 aromatic heterocycles. The van der Waals surface area contributed by atoms with E-state index >= 15 is 0 Å². The second-order valence-corrected chi connectivity index (χ2v) is 6.00. The highest BCUT2D eigenvalue weighted by molar-refractivity contribution is 5.76. The van der Waals surface area contributed by atoms with Gasteiger partial charge in [-0.1, -0.05) is 13.8 Å². The van der Waals surface area contributed by atoms with E-state index in [2.05, 4.69) is 13.8 Å². The number of nitrogens with zero attached hydrogens (tertiary/aromatic N) is 1. The Kier molecular flexibility index (Phi) is 7.59. The lowest BCUT2D eigenvalue weighted by molar-refractivity contribution is -0.137. The molecule has 1 amide bonds. The van der Waals surface area contributed by atoms with Crippen LogP contribution in [0, 0.1) is 11.8 Å². The Bertz CT molecular complexity index is 317. The van der Waals surface area contributed by atoms with Gasteiger partial charge in [0.25, 0.3) is 0 Å². The van der Waals surface area contributed by atoms with Gasteiger partial charge < -0.3 is 14.7 Å². The highest BCUT2D eigenvalue weighted by Gasteiger charge is 2.23. The van der Waals surface area contributed by atoms with Crippen molar-refractivity contribution >= 4 is 11.9 Å². The van der Waals surface area contributed by atoms with Crippen molar-refractivity contribution in [3.8, 4) is 0 Å². The van der Waals surface area contributed by atoms with Crippen molar-refractivity contribution in [2.45, 2.75) is 46.0 Å². The standard InChI is InChI=1S/C15H27NO4/c1-12(2)11-20-9-7-14(17)16-8-3-4-13(10-16)5-6-15(18)19/h12-13H,3-11H2,1-2H3,(H,18,19)/t13-/m1/s1. The summed E-state index contributed by atoms with van der Waals surface area (Å²) >= 11 is 0. The van der Waals surface area contributed by atoms with Gasteiger partial charge in [-0.2, -0.15) is 0 Å². The molecule has 1 fully saturated rings. The highest BCUT2D eigenvalue weighted by Crippen LogP contribution is 2.21. The van der Waals surface area contributed by atoms with Crippen molar-refractivity contribution in [3.63, 3.8) is 0 Å². The highest BCUT2D eigenvalue weighted by atomic mass is 16.5. The number of piperidine rings is 1. The van der Waals surface area contributed by atoms with Gasteiger partial charge in [-0.3, -0.25) is 9.59 Å². The molecule has 20 heavy (non-hydrogen) atoms. The van der Waals surface area contributed by atoms with Crippen molar-refractivity contribution in [2.24, 2.45) is 11.8 Å². The molecule has 1 rings (SSSR count). The van der Waals surface area contributed by atoms with Crippen LogP contribution in [0.5, 0.6) is 0 Å². The number of ether oxygens (including phenoxy) is 1. The van der Waals surface area contributed by atoms with Crippen LogP contribution in [-0.2, 0) is 14.3 Å². The number of carbonyl (C=O) groups excluding carboxylic acids is 1. The molecule has 1 N–H and O–H groups in total. The van der Waals surface area contributed by atoms with Gasteiger partial charge in [0.2, 0.25) is 5.91 Å². The van der Waals surface area contributed by atoms with Crippen LogP contribution in [0.15, 0.2) is 0 Å².